The summed E-state index contributed by atoms with van der Waals surface area (Å²) in [5.74, 6) is 1.50. The van der Waals surface area contributed by atoms with E-state index in [2.05, 4.69) is 9.97 Å². The molecule has 3 aromatic carbocycles. The highest BCUT2D eigenvalue weighted by Gasteiger charge is 2.14. The van der Waals surface area contributed by atoms with Crippen LogP contribution >= 0.6 is 0 Å². The monoisotopic (exact) mass is 425 g/mol. The van der Waals surface area contributed by atoms with Gasteiger partial charge in [0, 0.05) is 30.8 Å². The molecule has 4 rings (SSSR count). The Morgan fingerprint density at radius 2 is 1.62 bits per heavy atom. The topological polar surface area (TPSA) is 64.6 Å². The van der Waals surface area contributed by atoms with Gasteiger partial charge in [0.15, 0.2) is 11.5 Å². The van der Waals surface area contributed by atoms with Crippen molar-refractivity contribution in [1.82, 2.24) is 14.9 Å². The Kier molecular flexibility index (Phi) is 6.41. The Balaban J connectivity index is 1.54. The van der Waals surface area contributed by atoms with Crippen molar-refractivity contribution in [2.24, 2.45) is 0 Å². The van der Waals surface area contributed by atoms with Gasteiger partial charge in [-0.3, -0.25) is 4.79 Å². The first-order valence-corrected chi connectivity index (χ1v) is 10.2. The van der Waals surface area contributed by atoms with E-state index >= 15 is 0 Å². The molecule has 0 bridgehead atoms. The number of nitrogens with zero attached hydrogens (tertiary/aromatic N) is 3. The summed E-state index contributed by atoms with van der Waals surface area (Å²) in [5, 5.41) is 0. The molecule has 0 N–H and O–H groups in total. The third-order valence-corrected chi connectivity index (χ3v) is 4.94. The second-order valence-electron chi connectivity index (χ2n) is 7.22. The highest BCUT2D eigenvalue weighted by Crippen LogP contribution is 2.31. The Morgan fingerprint density at radius 1 is 0.875 bits per heavy atom. The van der Waals surface area contributed by atoms with Gasteiger partial charge in [0.2, 0.25) is 5.88 Å². The van der Waals surface area contributed by atoms with Gasteiger partial charge in [-0.2, -0.15) is 0 Å². The van der Waals surface area contributed by atoms with E-state index < -0.39 is 0 Å². The van der Waals surface area contributed by atoms with Crippen LogP contribution in [0.2, 0.25) is 0 Å². The molecule has 0 saturated carbocycles. The molecule has 6 nitrogen and oxygen atoms in total. The molecule has 0 spiro atoms. The number of hydrogen-bond donors (Lipinski definition) is 0. The first kappa shape index (κ1) is 21.1. The van der Waals surface area contributed by atoms with Crippen LogP contribution in [0, 0.1) is 0 Å². The zero-order chi connectivity index (χ0) is 22.3. The maximum Gasteiger partial charge on any atom is 0.253 e. The first-order chi connectivity index (χ1) is 15.6. The third-order valence-electron chi connectivity index (χ3n) is 4.94. The summed E-state index contributed by atoms with van der Waals surface area (Å²) < 4.78 is 11.2. The maximum atomic E-state index is 13.0. The number of aromatic nitrogens is 2. The standard InChI is InChI=1S/C26H23N3O3/c1-29(17-19-9-4-3-5-10-19)26(30)21-12-8-11-20(15-21)22-16-25(28-18-27-22)32-24-14-7-6-13-23(24)31-2/h3-16,18H,17H2,1-2H3. The van der Waals surface area contributed by atoms with Crippen molar-refractivity contribution >= 4 is 5.91 Å². The average Bonchev–Trinajstić information content (AvgIpc) is 2.85. The van der Waals surface area contributed by atoms with Crippen LogP contribution in [-0.4, -0.2) is 34.9 Å². The average molecular weight is 425 g/mol. The zero-order valence-electron chi connectivity index (χ0n) is 17.9. The van der Waals surface area contributed by atoms with Crippen LogP contribution in [-0.2, 0) is 6.54 Å². The molecule has 0 aliphatic heterocycles. The van der Waals surface area contributed by atoms with E-state index in [1.165, 1.54) is 6.33 Å². The Morgan fingerprint density at radius 3 is 2.41 bits per heavy atom. The molecule has 0 unspecified atom stereocenters. The van der Waals surface area contributed by atoms with Gasteiger partial charge in [-0.25, -0.2) is 9.97 Å². The number of methoxy groups -OCH3 is 1. The van der Waals surface area contributed by atoms with Crippen LogP contribution in [0.5, 0.6) is 17.4 Å². The van der Waals surface area contributed by atoms with E-state index in [0.717, 1.165) is 11.1 Å². The summed E-state index contributed by atoms with van der Waals surface area (Å²) in [4.78, 5) is 23.2. The van der Waals surface area contributed by atoms with E-state index in [1.54, 1.807) is 31.2 Å². The summed E-state index contributed by atoms with van der Waals surface area (Å²) in [5.41, 5.74) is 3.13. The van der Waals surface area contributed by atoms with Crippen molar-refractivity contribution in [3.63, 3.8) is 0 Å². The molecule has 160 valence electrons. The molecule has 1 heterocycles. The zero-order valence-corrected chi connectivity index (χ0v) is 17.9. The van der Waals surface area contributed by atoms with E-state index in [1.807, 2.05) is 72.8 Å². The summed E-state index contributed by atoms with van der Waals surface area (Å²) in [7, 11) is 3.39. The van der Waals surface area contributed by atoms with Crippen LogP contribution in [0.15, 0.2) is 91.3 Å². The number of ether oxygens (including phenoxy) is 2. The van der Waals surface area contributed by atoms with Crippen LogP contribution in [0.25, 0.3) is 11.3 Å². The van der Waals surface area contributed by atoms with Crippen molar-refractivity contribution in [3.05, 3.63) is 102 Å². The molecular weight excluding hydrogens is 402 g/mol. The van der Waals surface area contributed by atoms with Crippen LogP contribution in [0.1, 0.15) is 15.9 Å². The van der Waals surface area contributed by atoms with Crippen LogP contribution in [0.4, 0.5) is 0 Å². The van der Waals surface area contributed by atoms with E-state index in [0.29, 0.717) is 35.2 Å². The molecule has 6 heteroatoms. The van der Waals surface area contributed by atoms with E-state index in [4.69, 9.17) is 9.47 Å². The number of carbonyl (C=O) groups excluding carboxylic acids is 1. The largest absolute Gasteiger partial charge is 0.493 e. The van der Waals surface area contributed by atoms with Gasteiger partial charge in [-0.05, 0) is 29.8 Å². The smallest absolute Gasteiger partial charge is 0.253 e. The minimum Gasteiger partial charge on any atom is -0.493 e. The molecule has 0 radical (unpaired) electrons. The summed E-state index contributed by atoms with van der Waals surface area (Å²) >= 11 is 0. The molecule has 4 aromatic rings. The molecule has 0 aliphatic rings. The maximum absolute atomic E-state index is 13.0. The van der Waals surface area contributed by atoms with Crippen LogP contribution < -0.4 is 9.47 Å². The minimum absolute atomic E-state index is 0.0599. The Bertz CT molecular complexity index is 1210. The van der Waals surface area contributed by atoms with Gasteiger partial charge in [-0.1, -0.05) is 54.6 Å². The lowest BCUT2D eigenvalue weighted by Gasteiger charge is -2.18. The van der Waals surface area contributed by atoms with Gasteiger partial charge in [0.05, 0.1) is 12.8 Å². The Hall–Kier alpha value is -4.19. The highest BCUT2D eigenvalue weighted by molar-refractivity contribution is 5.95. The molecule has 0 atom stereocenters. The molecule has 1 amide bonds. The lowest BCUT2D eigenvalue weighted by Crippen LogP contribution is -2.26. The SMILES string of the molecule is COc1ccccc1Oc1cc(-c2cccc(C(=O)N(C)Cc3ccccc3)c2)ncn1. The van der Waals surface area contributed by atoms with E-state index in [9.17, 15) is 4.79 Å². The first-order valence-electron chi connectivity index (χ1n) is 10.2. The third kappa shape index (κ3) is 4.92. The van der Waals surface area contributed by atoms with Gasteiger partial charge < -0.3 is 14.4 Å². The Labute approximate surface area is 187 Å². The fourth-order valence-corrected chi connectivity index (χ4v) is 3.33. The van der Waals surface area contributed by atoms with Crippen LogP contribution in [0.3, 0.4) is 0 Å². The van der Waals surface area contributed by atoms with Gasteiger partial charge in [0.1, 0.15) is 6.33 Å². The molecule has 32 heavy (non-hydrogen) atoms. The molecule has 0 saturated heterocycles. The van der Waals surface area contributed by atoms with Crippen molar-refractivity contribution in [3.8, 4) is 28.6 Å². The fourth-order valence-electron chi connectivity index (χ4n) is 3.33. The predicted molar refractivity (Wildman–Crippen MR) is 123 cm³/mol. The summed E-state index contributed by atoms with van der Waals surface area (Å²) in [6.07, 6.45) is 1.44. The predicted octanol–water partition coefficient (Wildman–Crippen LogP) is 5.22. The van der Waals surface area contributed by atoms with Crippen molar-refractivity contribution in [1.29, 1.82) is 0 Å². The number of para-hydroxylation sites is 2. The lowest BCUT2D eigenvalue weighted by molar-refractivity contribution is 0.0785. The molecular formula is C26H23N3O3. The van der Waals surface area contributed by atoms with E-state index in [-0.39, 0.29) is 5.91 Å². The molecule has 1 aromatic heterocycles. The normalized spacial score (nSPS) is 10.4. The molecule has 0 fully saturated rings. The second kappa shape index (κ2) is 9.75. The lowest BCUT2D eigenvalue weighted by atomic mass is 10.1. The highest BCUT2D eigenvalue weighted by atomic mass is 16.5. The van der Waals surface area contributed by atoms with Gasteiger partial charge >= 0.3 is 0 Å². The number of carbonyl (C=O) groups is 1. The summed E-state index contributed by atoms with van der Waals surface area (Å²) in [6, 6.07) is 26.4. The van der Waals surface area contributed by atoms with Crippen molar-refractivity contribution < 1.29 is 14.3 Å². The minimum atomic E-state index is -0.0599. The van der Waals surface area contributed by atoms with Gasteiger partial charge in [-0.15, -0.1) is 0 Å². The van der Waals surface area contributed by atoms with Crippen molar-refractivity contribution in [2.45, 2.75) is 6.54 Å². The quantitative estimate of drug-likeness (QED) is 0.406. The molecule has 0 aliphatic carbocycles. The number of hydrogen-bond acceptors (Lipinski definition) is 5. The number of benzene rings is 3. The fraction of sp³-hybridized carbons (Fsp3) is 0.115. The summed E-state index contributed by atoms with van der Waals surface area (Å²) in [6.45, 7) is 0.536. The number of rotatable bonds is 7. The van der Waals surface area contributed by atoms with Crippen molar-refractivity contribution in [2.75, 3.05) is 14.2 Å². The van der Waals surface area contributed by atoms with Gasteiger partial charge in [0.25, 0.3) is 5.91 Å². The second-order valence-corrected chi connectivity index (χ2v) is 7.22. The number of amides is 1.